The summed E-state index contributed by atoms with van der Waals surface area (Å²) in [5, 5.41) is 8.15. The van der Waals surface area contributed by atoms with E-state index in [1.54, 1.807) is 13.1 Å². The Kier molecular flexibility index (Phi) is 3.06. The maximum absolute atomic E-state index is 11.9. The Morgan fingerprint density at radius 1 is 1.27 bits per heavy atom. The lowest BCUT2D eigenvalue weighted by atomic mass is 9.84. The summed E-state index contributed by atoms with van der Waals surface area (Å²) < 4.78 is 2.11. The Morgan fingerprint density at radius 2 is 2.00 bits per heavy atom. The summed E-state index contributed by atoms with van der Waals surface area (Å²) >= 11 is 0. The molecule has 4 rings (SSSR count). The fourth-order valence-corrected chi connectivity index (χ4v) is 4.12. The molecule has 1 aliphatic carbocycles. The van der Waals surface area contributed by atoms with Gasteiger partial charge in [0, 0.05) is 0 Å². The number of carbonyl (C=O) groups is 1. The minimum atomic E-state index is 0.0782. The Bertz CT molecular complexity index is 698. The highest BCUT2D eigenvalue weighted by atomic mass is 16.1. The van der Waals surface area contributed by atoms with E-state index in [1.807, 2.05) is 6.07 Å². The minimum Gasteiger partial charge on any atom is -0.363 e. The number of aromatic nitrogens is 2. The molecule has 114 valence electrons. The highest BCUT2D eigenvalue weighted by Gasteiger charge is 2.44. The van der Waals surface area contributed by atoms with E-state index in [9.17, 15) is 4.79 Å². The second-order valence-electron chi connectivity index (χ2n) is 6.62. The number of rotatable bonds is 2. The van der Waals surface area contributed by atoms with Crippen LogP contribution in [0.2, 0.25) is 0 Å². The molecular weight excluding hydrogens is 274 g/mol. The van der Waals surface area contributed by atoms with Crippen LogP contribution in [0.5, 0.6) is 0 Å². The Morgan fingerprint density at radius 3 is 2.68 bits per heavy atom. The zero-order valence-electron chi connectivity index (χ0n) is 12.9. The molecule has 1 atom stereocenters. The Balaban J connectivity index is 1.81. The molecule has 2 heterocycles. The third kappa shape index (κ3) is 1.97. The molecule has 1 unspecified atom stereocenters. The van der Waals surface area contributed by atoms with Crippen LogP contribution in [0.25, 0.3) is 0 Å². The first-order valence-electron chi connectivity index (χ1n) is 8.11. The van der Waals surface area contributed by atoms with E-state index in [-0.39, 0.29) is 17.4 Å². The number of benzene rings is 1. The summed E-state index contributed by atoms with van der Waals surface area (Å²) in [5.41, 5.74) is 2.08. The van der Waals surface area contributed by atoms with Crippen LogP contribution in [0.4, 0.5) is 5.82 Å². The number of nitrogens with zero attached hydrogens (tertiary/aromatic N) is 2. The van der Waals surface area contributed by atoms with Crippen molar-refractivity contribution in [1.82, 2.24) is 9.78 Å². The number of Topliss-reactive ketones (excluding diaryl/α,β-unsaturated/α-hetero) is 1. The van der Waals surface area contributed by atoms with Gasteiger partial charge >= 0.3 is 0 Å². The molecule has 2 aromatic rings. The van der Waals surface area contributed by atoms with Crippen LogP contribution in [0.1, 0.15) is 61.0 Å². The van der Waals surface area contributed by atoms with Gasteiger partial charge in [0.2, 0.25) is 0 Å². The van der Waals surface area contributed by atoms with Crippen LogP contribution < -0.4 is 5.32 Å². The molecular formula is C18H21N3O. The maximum atomic E-state index is 11.9. The summed E-state index contributed by atoms with van der Waals surface area (Å²) in [7, 11) is 0. The number of carbonyl (C=O) groups excluding carboxylic acids is 1. The van der Waals surface area contributed by atoms with Crippen LogP contribution in [-0.2, 0) is 5.54 Å². The van der Waals surface area contributed by atoms with Crippen molar-refractivity contribution >= 4 is 11.6 Å². The van der Waals surface area contributed by atoms with Gasteiger partial charge in [-0.1, -0.05) is 43.2 Å². The Labute approximate surface area is 130 Å². The maximum Gasteiger partial charge on any atom is 0.165 e. The van der Waals surface area contributed by atoms with E-state index in [4.69, 9.17) is 0 Å². The van der Waals surface area contributed by atoms with Crippen LogP contribution >= 0.6 is 0 Å². The molecule has 0 radical (unpaired) electrons. The third-order valence-corrected chi connectivity index (χ3v) is 5.23. The topological polar surface area (TPSA) is 46.9 Å². The summed E-state index contributed by atoms with van der Waals surface area (Å²) in [5.74, 6) is 0.991. The number of ketones is 1. The predicted octanol–water partition coefficient (Wildman–Crippen LogP) is 3.91. The van der Waals surface area contributed by atoms with E-state index in [2.05, 4.69) is 39.4 Å². The number of anilines is 1. The number of hydrogen-bond acceptors (Lipinski definition) is 3. The average Bonchev–Trinajstić information content (AvgIpc) is 3.16. The van der Waals surface area contributed by atoms with Crippen LogP contribution in [-0.4, -0.2) is 15.6 Å². The second kappa shape index (κ2) is 4.97. The van der Waals surface area contributed by atoms with Gasteiger partial charge in [0.25, 0.3) is 0 Å². The minimum absolute atomic E-state index is 0.0782. The second-order valence-corrected chi connectivity index (χ2v) is 6.62. The summed E-state index contributed by atoms with van der Waals surface area (Å²) in [6.07, 6.45) is 7.58. The molecule has 1 aromatic heterocycles. The van der Waals surface area contributed by atoms with Gasteiger partial charge in [0.05, 0.1) is 23.3 Å². The van der Waals surface area contributed by atoms with Gasteiger partial charge in [-0.3, -0.25) is 4.79 Å². The lowest BCUT2D eigenvalue weighted by Crippen LogP contribution is -2.40. The van der Waals surface area contributed by atoms with Gasteiger partial charge in [0.1, 0.15) is 5.82 Å². The van der Waals surface area contributed by atoms with Crippen LogP contribution in [0.3, 0.4) is 0 Å². The van der Waals surface area contributed by atoms with E-state index in [1.165, 1.54) is 18.4 Å². The molecule has 1 saturated carbocycles. The summed E-state index contributed by atoms with van der Waals surface area (Å²) in [6, 6.07) is 10.8. The van der Waals surface area contributed by atoms with Crippen molar-refractivity contribution < 1.29 is 4.79 Å². The monoisotopic (exact) mass is 295 g/mol. The SMILES string of the molecule is CC(=O)c1cnn2c1NC(c1ccccc1)CC21CCCC1. The molecule has 0 amide bonds. The van der Waals surface area contributed by atoms with Crippen molar-refractivity contribution in [3.63, 3.8) is 0 Å². The van der Waals surface area contributed by atoms with Crippen molar-refractivity contribution in [1.29, 1.82) is 0 Å². The molecule has 2 aliphatic rings. The average molecular weight is 295 g/mol. The van der Waals surface area contributed by atoms with E-state index in [0.717, 1.165) is 25.1 Å². The van der Waals surface area contributed by atoms with Gasteiger partial charge in [-0.05, 0) is 31.7 Å². The van der Waals surface area contributed by atoms with Gasteiger partial charge in [-0.15, -0.1) is 0 Å². The van der Waals surface area contributed by atoms with Crippen molar-refractivity contribution in [2.45, 2.75) is 50.6 Å². The van der Waals surface area contributed by atoms with Gasteiger partial charge in [-0.25, -0.2) is 4.68 Å². The van der Waals surface area contributed by atoms with E-state index < -0.39 is 0 Å². The standard InChI is InChI=1S/C18H21N3O/c1-13(22)15-12-19-21-17(15)20-16(14-7-3-2-4-8-14)11-18(21)9-5-6-10-18/h2-4,7-8,12,16,20H,5-6,9-11H2,1H3. The summed E-state index contributed by atoms with van der Waals surface area (Å²) in [6.45, 7) is 1.62. The molecule has 4 heteroatoms. The molecule has 0 bridgehead atoms. The van der Waals surface area contributed by atoms with Crippen molar-refractivity contribution in [3.8, 4) is 0 Å². The molecule has 0 saturated heterocycles. The lowest BCUT2D eigenvalue weighted by molar-refractivity contribution is 0.101. The highest BCUT2D eigenvalue weighted by Crippen LogP contribution is 2.48. The first kappa shape index (κ1) is 13.6. The molecule has 1 fully saturated rings. The van der Waals surface area contributed by atoms with Crippen LogP contribution in [0.15, 0.2) is 36.5 Å². The first-order chi connectivity index (χ1) is 10.7. The molecule has 4 nitrogen and oxygen atoms in total. The normalized spacial score (nSPS) is 22.3. The molecule has 1 aliphatic heterocycles. The zero-order valence-corrected chi connectivity index (χ0v) is 12.9. The lowest BCUT2D eigenvalue weighted by Gasteiger charge is -2.40. The van der Waals surface area contributed by atoms with Crippen molar-refractivity contribution in [3.05, 3.63) is 47.7 Å². The van der Waals surface area contributed by atoms with Gasteiger partial charge in [0.15, 0.2) is 5.78 Å². The van der Waals surface area contributed by atoms with Crippen LogP contribution in [0, 0.1) is 0 Å². The Hall–Kier alpha value is -2.10. The number of fused-ring (bicyclic) bond motifs is 2. The molecule has 1 aromatic carbocycles. The molecule has 22 heavy (non-hydrogen) atoms. The molecule has 1 N–H and O–H groups in total. The van der Waals surface area contributed by atoms with Crippen molar-refractivity contribution in [2.75, 3.05) is 5.32 Å². The zero-order chi connectivity index (χ0) is 15.2. The van der Waals surface area contributed by atoms with E-state index >= 15 is 0 Å². The third-order valence-electron chi connectivity index (χ3n) is 5.23. The summed E-state index contributed by atoms with van der Waals surface area (Å²) in [4.78, 5) is 11.9. The predicted molar refractivity (Wildman–Crippen MR) is 86.1 cm³/mol. The van der Waals surface area contributed by atoms with Crippen molar-refractivity contribution in [2.24, 2.45) is 0 Å². The smallest absolute Gasteiger partial charge is 0.165 e. The first-order valence-corrected chi connectivity index (χ1v) is 8.11. The van der Waals surface area contributed by atoms with Gasteiger partial charge in [-0.2, -0.15) is 5.10 Å². The number of nitrogens with one attached hydrogen (secondary N) is 1. The molecule has 1 spiro atoms. The fraction of sp³-hybridized carbons (Fsp3) is 0.444. The van der Waals surface area contributed by atoms with E-state index in [0.29, 0.717) is 5.56 Å². The van der Waals surface area contributed by atoms with Gasteiger partial charge < -0.3 is 5.32 Å². The number of hydrogen-bond donors (Lipinski definition) is 1. The highest BCUT2D eigenvalue weighted by molar-refractivity contribution is 5.98. The quantitative estimate of drug-likeness (QED) is 0.854. The largest absolute Gasteiger partial charge is 0.363 e. The fourth-order valence-electron chi connectivity index (χ4n) is 4.12.